The van der Waals surface area contributed by atoms with Crippen LogP contribution >= 0.6 is 0 Å². The summed E-state index contributed by atoms with van der Waals surface area (Å²) >= 11 is 0. The SMILES string of the molecule is O=CCOc1ccc(N2CCC(=O)NC2=O)cc1. The first-order valence-corrected chi connectivity index (χ1v) is 5.48. The van der Waals surface area contributed by atoms with Crippen molar-refractivity contribution in [3.8, 4) is 5.75 Å². The number of nitrogens with zero attached hydrogens (tertiary/aromatic N) is 1. The number of nitrogens with one attached hydrogen (secondary N) is 1. The van der Waals surface area contributed by atoms with Crippen molar-refractivity contribution in [3.05, 3.63) is 24.3 Å². The molecule has 0 spiro atoms. The summed E-state index contributed by atoms with van der Waals surface area (Å²) in [5.41, 5.74) is 0.679. The third-order valence-electron chi connectivity index (χ3n) is 2.52. The molecule has 0 unspecified atom stereocenters. The van der Waals surface area contributed by atoms with Crippen molar-refractivity contribution in [1.82, 2.24) is 5.32 Å². The van der Waals surface area contributed by atoms with E-state index in [2.05, 4.69) is 5.32 Å². The molecule has 6 nitrogen and oxygen atoms in total. The molecule has 0 aliphatic carbocycles. The lowest BCUT2D eigenvalue weighted by Crippen LogP contribution is -2.49. The lowest BCUT2D eigenvalue weighted by atomic mass is 10.2. The maximum atomic E-state index is 11.6. The second-order valence-electron chi connectivity index (χ2n) is 3.73. The molecule has 1 aromatic rings. The molecular weight excluding hydrogens is 236 g/mol. The van der Waals surface area contributed by atoms with Crippen LogP contribution in [0.2, 0.25) is 0 Å². The number of hydrogen-bond acceptors (Lipinski definition) is 4. The monoisotopic (exact) mass is 248 g/mol. The Morgan fingerprint density at radius 2 is 2.00 bits per heavy atom. The van der Waals surface area contributed by atoms with Crippen LogP contribution in [0.25, 0.3) is 0 Å². The normalized spacial score (nSPS) is 15.2. The predicted octanol–water partition coefficient (Wildman–Crippen LogP) is 0.711. The standard InChI is InChI=1S/C12H12N2O4/c15-7-8-18-10-3-1-9(2-4-10)14-6-5-11(16)13-12(14)17/h1-4,7H,5-6,8H2,(H,13,16,17). The highest BCUT2D eigenvalue weighted by Gasteiger charge is 2.23. The van der Waals surface area contributed by atoms with Gasteiger partial charge in [-0.1, -0.05) is 0 Å². The summed E-state index contributed by atoms with van der Waals surface area (Å²) in [6.45, 7) is 0.358. The quantitative estimate of drug-likeness (QED) is 0.796. The molecule has 1 saturated heterocycles. The molecule has 1 N–H and O–H groups in total. The third-order valence-corrected chi connectivity index (χ3v) is 2.52. The second kappa shape index (κ2) is 5.31. The molecule has 2 rings (SSSR count). The molecule has 0 atom stereocenters. The number of benzene rings is 1. The van der Waals surface area contributed by atoms with E-state index in [9.17, 15) is 14.4 Å². The molecule has 1 heterocycles. The smallest absolute Gasteiger partial charge is 0.328 e. The first-order chi connectivity index (χ1) is 8.70. The highest BCUT2D eigenvalue weighted by Crippen LogP contribution is 2.20. The maximum absolute atomic E-state index is 11.6. The fraction of sp³-hybridized carbons (Fsp3) is 0.250. The summed E-state index contributed by atoms with van der Waals surface area (Å²) in [4.78, 5) is 34.2. The molecular formula is C12H12N2O4. The average Bonchev–Trinajstić information content (AvgIpc) is 2.37. The fourth-order valence-electron chi connectivity index (χ4n) is 1.66. The molecule has 6 heteroatoms. The minimum atomic E-state index is -0.423. The van der Waals surface area contributed by atoms with Gasteiger partial charge in [0.15, 0.2) is 6.29 Å². The Bertz CT molecular complexity index is 469. The minimum Gasteiger partial charge on any atom is -0.486 e. The van der Waals surface area contributed by atoms with Crippen LogP contribution in [-0.2, 0) is 9.59 Å². The molecule has 1 aliphatic heterocycles. The molecule has 1 fully saturated rings. The number of carbonyl (C=O) groups is 3. The van der Waals surface area contributed by atoms with Crippen molar-refractivity contribution in [1.29, 1.82) is 0 Å². The van der Waals surface area contributed by atoms with Crippen LogP contribution in [0.4, 0.5) is 10.5 Å². The van der Waals surface area contributed by atoms with Gasteiger partial charge >= 0.3 is 6.03 Å². The van der Waals surface area contributed by atoms with E-state index >= 15 is 0 Å². The number of amides is 3. The van der Waals surface area contributed by atoms with Crippen molar-refractivity contribution in [2.75, 3.05) is 18.1 Å². The van der Waals surface area contributed by atoms with E-state index in [0.717, 1.165) is 0 Å². The molecule has 94 valence electrons. The van der Waals surface area contributed by atoms with Gasteiger partial charge in [-0.15, -0.1) is 0 Å². The van der Waals surface area contributed by atoms with Crippen LogP contribution in [0.1, 0.15) is 6.42 Å². The fourth-order valence-corrected chi connectivity index (χ4v) is 1.66. The van der Waals surface area contributed by atoms with Gasteiger partial charge in [0.2, 0.25) is 5.91 Å². The summed E-state index contributed by atoms with van der Waals surface area (Å²) in [7, 11) is 0. The van der Waals surface area contributed by atoms with Gasteiger partial charge in [0.25, 0.3) is 0 Å². The van der Waals surface area contributed by atoms with Gasteiger partial charge in [-0.05, 0) is 24.3 Å². The van der Waals surface area contributed by atoms with E-state index in [1.807, 2.05) is 0 Å². The Kier molecular flexibility index (Phi) is 3.57. The first-order valence-electron chi connectivity index (χ1n) is 5.48. The van der Waals surface area contributed by atoms with Gasteiger partial charge in [-0.2, -0.15) is 0 Å². The van der Waals surface area contributed by atoms with E-state index < -0.39 is 6.03 Å². The van der Waals surface area contributed by atoms with E-state index in [-0.39, 0.29) is 18.9 Å². The van der Waals surface area contributed by atoms with Crippen LogP contribution in [0.15, 0.2) is 24.3 Å². The van der Waals surface area contributed by atoms with Crippen molar-refractivity contribution in [3.63, 3.8) is 0 Å². The van der Waals surface area contributed by atoms with Crippen molar-refractivity contribution < 1.29 is 19.1 Å². The van der Waals surface area contributed by atoms with E-state index in [0.29, 0.717) is 24.3 Å². The molecule has 3 amide bonds. The Balaban J connectivity index is 2.07. The Labute approximate surface area is 104 Å². The van der Waals surface area contributed by atoms with Crippen molar-refractivity contribution in [2.24, 2.45) is 0 Å². The lowest BCUT2D eigenvalue weighted by molar-refractivity contribution is -0.120. The number of carbonyl (C=O) groups excluding carboxylic acids is 3. The van der Waals surface area contributed by atoms with Gasteiger partial charge in [0, 0.05) is 18.7 Å². The number of hydrogen-bond donors (Lipinski definition) is 1. The van der Waals surface area contributed by atoms with Crippen LogP contribution in [0.5, 0.6) is 5.75 Å². The van der Waals surface area contributed by atoms with Gasteiger partial charge in [-0.25, -0.2) is 4.79 Å². The summed E-state index contributed by atoms with van der Waals surface area (Å²) in [5, 5.41) is 2.25. The lowest BCUT2D eigenvalue weighted by Gasteiger charge is -2.26. The Morgan fingerprint density at radius 1 is 1.28 bits per heavy atom. The van der Waals surface area contributed by atoms with Gasteiger partial charge < -0.3 is 4.74 Å². The number of ether oxygens (including phenoxy) is 1. The maximum Gasteiger partial charge on any atom is 0.328 e. The second-order valence-corrected chi connectivity index (χ2v) is 3.73. The third kappa shape index (κ3) is 2.65. The number of aldehydes is 1. The topological polar surface area (TPSA) is 75.7 Å². The number of urea groups is 1. The highest BCUT2D eigenvalue weighted by molar-refractivity contribution is 6.05. The van der Waals surface area contributed by atoms with Crippen molar-refractivity contribution in [2.45, 2.75) is 6.42 Å². The number of imide groups is 1. The van der Waals surface area contributed by atoms with Gasteiger partial charge in [0.05, 0.1) is 0 Å². The molecule has 18 heavy (non-hydrogen) atoms. The molecule has 1 aliphatic rings. The van der Waals surface area contributed by atoms with Gasteiger partial charge in [-0.3, -0.25) is 19.8 Å². The van der Waals surface area contributed by atoms with Gasteiger partial charge in [0.1, 0.15) is 12.4 Å². The van der Waals surface area contributed by atoms with Crippen LogP contribution < -0.4 is 15.0 Å². The molecule has 0 aromatic heterocycles. The van der Waals surface area contributed by atoms with Crippen LogP contribution in [0.3, 0.4) is 0 Å². The minimum absolute atomic E-state index is 0.00194. The van der Waals surface area contributed by atoms with Crippen LogP contribution in [-0.4, -0.2) is 31.4 Å². The largest absolute Gasteiger partial charge is 0.486 e. The zero-order valence-electron chi connectivity index (χ0n) is 9.59. The van der Waals surface area contributed by atoms with Crippen molar-refractivity contribution >= 4 is 23.9 Å². The zero-order valence-corrected chi connectivity index (χ0v) is 9.59. The first kappa shape index (κ1) is 12.1. The summed E-state index contributed by atoms with van der Waals surface area (Å²) in [6, 6.07) is 6.32. The number of anilines is 1. The molecule has 0 radical (unpaired) electrons. The Morgan fingerprint density at radius 3 is 2.61 bits per heavy atom. The zero-order chi connectivity index (χ0) is 13.0. The van der Waals surface area contributed by atoms with E-state index in [1.165, 1.54) is 4.90 Å². The highest BCUT2D eigenvalue weighted by atomic mass is 16.5. The van der Waals surface area contributed by atoms with Crippen LogP contribution in [0, 0.1) is 0 Å². The molecule has 0 bridgehead atoms. The Hall–Kier alpha value is -2.37. The van der Waals surface area contributed by atoms with E-state index in [1.54, 1.807) is 24.3 Å². The molecule has 0 saturated carbocycles. The predicted molar refractivity (Wildman–Crippen MR) is 63.5 cm³/mol. The summed E-state index contributed by atoms with van der Waals surface area (Å²) < 4.78 is 5.10. The average molecular weight is 248 g/mol. The summed E-state index contributed by atoms with van der Waals surface area (Å²) in [6.07, 6.45) is 0.951. The number of rotatable bonds is 4. The van der Waals surface area contributed by atoms with E-state index in [4.69, 9.17) is 4.74 Å². The summed E-state index contributed by atoms with van der Waals surface area (Å²) in [5.74, 6) is 0.293. The molecule has 1 aromatic carbocycles.